The lowest BCUT2D eigenvalue weighted by Crippen LogP contribution is -2.29. The summed E-state index contributed by atoms with van der Waals surface area (Å²) in [5, 5.41) is 1.92. The molecule has 7 heteroatoms. The number of thiophene rings is 1. The van der Waals surface area contributed by atoms with Crippen LogP contribution in [0.4, 0.5) is 0 Å². The van der Waals surface area contributed by atoms with Crippen molar-refractivity contribution >= 4 is 50.8 Å². The van der Waals surface area contributed by atoms with Gasteiger partial charge in [-0.25, -0.2) is 9.97 Å². The van der Waals surface area contributed by atoms with E-state index in [1.807, 2.05) is 23.1 Å². The van der Waals surface area contributed by atoms with Gasteiger partial charge in [-0.3, -0.25) is 4.79 Å². The lowest BCUT2D eigenvalue weighted by Gasteiger charge is -2.14. The van der Waals surface area contributed by atoms with Crippen molar-refractivity contribution in [3.63, 3.8) is 0 Å². The highest BCUT2D eigenvalue weighted by Gasteiger charge is 2.20. The highest BCUT2D eigenvalue weighted by atomic mass is 35.5. The molecule has 0 radical (unpaired) electrons. The van der Waals surface area contributed by atoms with Gasteiger partial charge in [-0.2, -0.15) is 0 Å². The zero-order valence-corrected chi connectivity index (χ0v) is 16.8. The third-order valence-electron chi connectivity index (χ3n) is 4.51. The molecule has 4 rings (SSSR count). The highest BCUT2D eigenvalue weighted by Crippen LogP contribution is 2.41. The average Bonchev–Trinajstić information content (AvgIpc) is 3.28. The second kappa shape index (κ2) is 7.55. The summed E-state index contributed by atoms with van der Waals surface area (Å²) in [6.07, 6.45) is 2.20. The van der Waals surface area contributed by atoms with Crippen LogP contribution in [0.2, 0.25) is 5.15 Å². The van der Waals surface area contributed by atoms with Crippen molar-refractivity contribution in [3.05, 3.63) is 40.4 Å². The number of likely N-dealkylation sites (tertiary alicyclic amines) is 1. The molecule has 1 aromatic carbocycles. The summed E-state index contributed by atoms with van der Waals surface area (Å²) >= 11 is 9.50. The van der Waals surface area contributed by atoms with E-state index in [0.717, 1.165) is 52.2 Å². The minimum atomic E-state index is 0.152. The summed E-state index contributed by atoms with van der Waals surface area (Å²) in [5.41, 5.74) is 2.21. The minimum Gasteiger partial charge on any atom is -0.342 e. The van der Waals surface area contributed by atoms with Crippen LogP contribution in [-0.2, 0) is 4.79 Å². The third-order valence-corrected chi connectivity index (χ3v) is 6.61. The van der Waals surface area contributed by atoms with Gasteiger partial charge < -0.3 is 4.90 Å². The molecule has 2 aromatic heterocycles. The summed E-state index contributed by atoms with van der Waals surface area (Å²) in [4.78, 5) is 25.3. The van der Waals surface area contributed by atoms with E-state index in [2.05, 4.69) is 29.0 Å². The first-order valence-electron chi connectivity index (χ1n) is 8.56. The van der Waals surface area contributed by atoms with Crippen LogP contribution in [0.15, 0.2) is 35.5 Å². The number of carbonyl (C=O) groups excluding carboxylic acids is 1. The van der Waals surface area contributed by atoms with Crippen molar-refractivity contribution in [3.8, 4) is 11.1 Å². The molecule has 0 aliphatic carbocycles. The number of hydrogen-bond acceptors (Lipinski definition) is 5. The molecule has 1 aliphatic rings. The Morgan fingerprint density at radius 2 is 1.96 bits per heavy atom. The van der Waals surface area contributed by atoms with Gasteiger partial charge in [-0.05, 0) is 25.3 Å². The Kier molecular flexibility index (Phi) is 5.16. The minimum absolute atomic E-state index is 0.152. The number of amides is 1. The van der Waals surface area contributed by atoms with Crippen LogP contribution in [0.1, 0.15) is 17.7 Å². The number of benzene rings is 1. The van der Waals surface area contributed by atoms with E-state index in [1.54, 1.807) is 11.3 Å². The van der Waals surface area contributed by atoms with Crippen molar-refractivity contribution in [2.45, 2.75) is 24.9 Å². The van der Waals surface area contributed by atoms with Gasteiger partial charge in [0, 0.05) is 23.5 Å². The predicted octanol–water partition coefficient (Wildman–Crippen LogP) is 5.03. The average molecular weight is 404 g/mol. The van der Waals surface area contributed by atoms with E-state index in [0.29, 0.717) is 16.1 Å². The Balaban J connectivity index is 1.62. The maximum atomic E-state index is 12.2. The molecule has 1 amide bonds. The van der Waals surface area contributed by atoms with E-state index in [1.165, 1.54) is 11.8 Å². The molecule has 0 N–H and O–H groups in total. The summed E-state index contributed by atoms with van der Waals surface area (Å²) in [5.74, 6) is 0.511. The molecule has 1 saturated heterocycles. The van der Waals surface area contributed by atoms with Crippen LogP contribution in [0.25, 0.3) is 21.3 Å². The number of carbonyl (C=O) groups is 1. The highest BCUT2D eigenvalue weighted by molar-refractivity contribution is 7.99. The van der Waals surface area contributed by atoms with Crippen molar-refractivity contribution in [2.75, 3.05) is 18.8 Å². The first kappa shape index (κ1) is 17.8. The molecule has 0 bridgehead atoms. The normalized spacial score (nSPS) is 14.3. The number of rotatable bonds is 4. The number of fused-ring (bicyclic) bond motifs is 1. The fourth-order valence-corrected chi connectivity index (χ4v) is 5.47. The standard InChI is InChI=1S/C19H18ClN3OS2/c1-12-15(13-7-3-2-4-8-13)16-17(20)21-19(22-18(16)26-12)25-11-14(24)23-9-5-6-10-23/h2-4,7-8H,5-6,9-11H2,1H3. The van der Waals surface area contributed by atoms with Gasteiger partial charge in [-0.1, -0.05) is 53.7 Å². The molecule has 0 saturated carbocycles. The van der Waals surface area contributed by atoms with Crippen molar-refractivity contribution < 1.29 is 4.79 Å². The van der Waals surface area contributed by atoms with E-state index >= 15 is 0 Å². The van der Waals surface area contributed by atoms with Crippen molar-refractivity contribution in [1.29, 1.82) is 0 Å². The zero-order valence-electron chi connectivity index (χ0n) is 14.4. The van der Waals surface area contributed by atoms with Gasteiger partial charge >= 0.3 is 0 Å². The molecule has 1 aliphatic heterocycles. The SMILES string of the molecule is Cc1sc2nc(SCC(=O)N3CCCC3)nc(Cl)c2c1-c1ccccc1. The molecule has 1 fully saturated rings. The van der Waals surface area contributed by atoms with Gasteiger partial charge in [0.15, 0.2) is 5.16 Å². The Morgan fingerprint density at radius 3 is 2.69 bits per heavy atom. The van der Waals surface area contributed by atoms with Crippen LogP contribution in [-0.4, -0.2) is 39.6 Å². The number of thioether (sulfide) groups is 1. The monoisotopic (exact) mass is 403 g/mol. The van der Waals surface area contributed by atoms with Gasteiger partial charge in [0.2, 0.25) is 5.91 Å². The number of halogens is 1. The maximum Gasteiger partial charge on any atom is 0.233 e. The van der Waals surface area contributed by atoms with Crippen molar-refractivity contribution in [1.82, 2.24) is 14.9 Å². The first-order chi connectivity index (χ1) is 12.6. The fourth-order valence-electron chi connectivity index (χ4n) is 3.25. The molecule has 0 unspecified atom stereocenters. The molecule has 4 nitrogen and oxygen atoms in total. The molecule has 26 heavy (non-hydrogen) atoms. The second-order valence-corrected chi connectivity index (χ2v) is 8.76. The predicted molar refractivity (Wildman–Crippen MR) is 109 cm³/mol. The van der Waals surface area contributed by atoms with Crippen LogP contribution in [0.5, 0.6) is 0 Å². The van der Waals surface area contributed by atoms with Gasteiger partial charge in [-0.15, -0.1) is 11.3 Å². The van der Waals surface area contributed by atoms with E-state index in [4.69, 9.17) is 11.6 Å². The second-order valence-electron chi connectivity index (χ2n) is 6.25. The van der Waals surface area contributed by atoms with Crippen LogP contribution < -0.4 is 0 Å². The smallest absolute Gasteiger partial charge is 0.233 e. The third kappa shape index (κ3) is 3.46. The van der Waals surface area contributed by atoms with Gasteiger partial charge in [0.05, 0.1) is 11.1 Å². The maximum absolute atomic E-state index is 12.2. The summed E-state index contributed by atoms with van der Waals surface area (Å²) in [6, 6.07) is 10.2. The van der Waals surface area contributed by atoms with Gasteiger partial charge in [0.1, 0.15) is 9.98 Å². The molecular formula is C19H18ClN3OS2. The molecule has 0 atom stereocenters. The van der Waals surface area contributed by atoms with E-state index in [-0.39, 0.29) is 5.91 Å². The summed E-state index contributed by atoms with van der Waals surface area (Å²) in [7, 11) is 0. The van der Waals surface area contributed by atoms with Gasteiger partial charge in [0.25, 0.3) is 0 Å². The fraction of sp³-hybridized carbons (Fsp3) is 0.316. The summed E-state index contributed by atoms with van der Waals surface area (Å²) in [6.45, 7) is 3.81. The number of hydrogen-bond donors (Lipinski definition) is 0. The zero-order chi connectivity index (χ0) is 18.1. The van der Waals surface area contributed by atoms with Crippen LogP contribution >= 0.6 is 34.7 Å². The van der Waals surface area contributed by atoms with Crippen molar-refractivity contribution in [2.24, 2.45) is 0 Å². The number of nitrogens with zero attached hydrogens (tertiary/aromatic N) is 3. The van der Waals surface area contributed by atoms with Crippen LogP contribution in [0, 0.1) is 6.92 Å². The number of aromatic nitrogens is 2. The molecule has 3 aromatic rings. The lowest BCUT2D eigenvalue weighted by molar-refractivity contribution is -0.127. The number of aryl methyl sites for hydroxylation is 1. The van der Waals surface area contributed by atoms with E-state index in [9.17, 15) is 4.79 Å². The molecule has 134 valence electrons. The Labute approximate surface area is 165 Å². The quantitative estimate of drug-likeness (QED) is 0.348. The lowest BCUT2D eigenvalue weighted by atomic mass is 10.0. The molecular weight excluding hydrogens is 386 g/mol. The van der Waals surface area contributed by atoms with E-state index < -0.39 is 0 Å². The summed E-state index contributed by atoms with van der Waals surface area (Å²) < 4.78 is 0. The Bertz CT molecular complexity index is 952. The Hall–Kier alpha value is -1.63. The van der Waals surface area contributed by atoms with Crippen LogP contribution in [0.3, 0.4) is 0 Å². The first-order valence-corrected chi connectivity index (χ1v) is 10.7. The largest absolute Gasteiger partial charge is 0.342 e. The Morgan fingerprint density at radius 1 is 1.23 bits per heavy atom. The topological polar surface area (TPSA) is 46.1 Å². The molecule has 3 heterocycles. The molecule has 0 spiro atoms.